The minimum absolute atomic E-state index is 0.332. The maximum atomic E-state index is 11.7. The molecule has 0 aliphatic heterocycles. The standard InChI is InChI=1S/C17H14ClNO2/c1-11-2-7-15-12(9-17(20)21-16(15)8-11)10-19-14-5-3-13(18)4-6-14/h2-9,19H,10H2,1H3. The normalized spacial score (nSPS) is 10.8. The third kappa shape index (κ3) is 3.09. The van der Waals surface area contributed by atoms with Crippen molar-refractivity contribution in [3.05, 3.63) is 75.1 Å². The van der Waals surface area contributed by atoms with Gasteiger partial charge in [0.05, 0.1) is 0 Å². The summed E-state index contributed by atoms with van der Waals surface area (Å²) in [4.78, 5) is 11.7. The van der Waals surface area contributed by atoms with Crippen molar-refractivity contribution in [2.75, 3.05) is 5.32 Å². The quantitative estimate of drug-likeness (QED) is 0.730. The van der Waals surface area contributed by atoms with Crippen molar-refractivity contribution < 1.29 is 4.42 Å². The monoisotopic (exact) mass is 299 g/mol. The molecule has 3 aromatic rings. The molecule has 0 fully saturated rings. The van der Waals surface area contributed by atoms with Crippen LogP contribution in [0.25, 0.3) is 11.0 Å². The Morgan fingerprint density at radius 1 is 1.10 bits per heavy atom. The van der Waals surface area contributed by atoms with E-state index in [2.05, 4.69) is 5.32 Å². The van der Waals surface area contributed by atoms with Gasteiger partial charge in [0.2, 0.25) is 0 Å². The summed E-state index contributed by atoms with van der Waals surface area (Å²) < 4.78 is 5.25. The zero-order valence-corrected chi connectivity index (χ0v) is 12.3. The minimum Gasteiger partial charge on any atom is -0.423 e. The van der Waals surface area contributed by atoms with Gasteiger partial charge >= 0.3 is 5.63 Å². The molecule has 1 heterocycles. The Morgan fingerprint density at radius 2 is 1.86 bits per heavy atom. The number of benzene rings is 2. The first-order valence-corrected chi connectivity index (χ1v) is 7.02. The molecule has 0 saturated carbocycles. The lowest BCUT2D eigenvalue weighted by Crippen LogP contribution is -2.05. The molecule has 106 valence electrons. The first-order valence-electron chi connectivity index (χ1n) is 6.65. The first kappa shape index (κ1) is 13.7. The second kappa shape index (κ2) is 5.62. The Kier molecular flexibility index (Phi) is 3.67. The number of rotatable bonds is 3. The molecule has 0 atom stereocenters. The van der Waals surface area contributed by atoms with Gasteiger partial charge in [-0.05, 0) is 48.4 Å². The van der Waals surface area contributed by atoms with E-state index in [4.69, 9.17) is 16.0 Å². The first-order chi connectivity index (χ1) is 10.1. The lowest BCUT2D eigenvalue weighted by atomic mass is 10.1. The van der Waals surface area contributed by atoms with Crippen molar-refractivity contribution in [2.45, 2.75) is 13.5 Å². The SMILES string of the molecule is Cc1ccc2c(CNc3ccc(Cl)cc3)cc(=O)oc2c1. The van der Waals surface area contributed by atoms with Crippen molar-refractivity contribution in [1.82, 2.24) is 0 Å². The Labute approximate surface area is 127 Å². The largest absolute Gasteiger partial charge is 0.423 e. The van der Waals surface area contributed by atoms with Gasteiger partial charge in [0, 0.05) is 28.7 Å². The van der Waals surface area contributed by atoms with Gasteiger partial charge in [-0.3, -0.25) is 0 Å². The average molecular weight is 300 g/mol. The molecule has 0 aliphatic carbocycles. The summed E-state index contributed by atoms with van der Waals surface area (Å²) in [7, 11) is 0. The van der Waals surface area contributed by atoms with E-state index in [1.54, 1.807) is 0 Å². The molecule has 1 aromatic heterocycles. The lowest BCUT2D eigenvalue weighted by molar-refractivity contribution is 0.559. The van der Waals surface area contributed by atoms with Crippen LogP contribution in [0.15, 0.2) is 57.7 Å². The Hall–Kier alpha value is -2.26. The second-order valence-corrected chi connectivity index (χ2v) is 5.39. The fraction of sp³-hybridized carbons (Fsp3) is 0.118. The molecule has 0 radical (unpaired) electrons. The highest BCUT2D eigenvalue weighted by molar-refractivity contribution is 6.30. The highest BCUT2D eigenvalue weighted by Crippen LogP contribution is 2.20. The molecule has 0 unspecified atom stereocenters. The summed E-state index contributed by atoms with van der Waals surface area (Å²) in [5.74, 6) is 0. The summed E-state index contributed by atoms with van der Waals surface area (Å²) in [6, 6.07) is 14.8. The number of nitrogens with one attached hydrogen (secondary N) is 1. The van der Waals surface area contributed by atoms with Crippen LogP contribution < -0.4 is 10.9 Å². The van der Waals surface area contributed by atoms with Gasteiger partial charge in [-0.15, -0.1) is 0 Å². The van der Waals surface area contributed by atoms with Crippen LogP contribution in [0.5, 0.6) is 0 Å². The van der Waals surface area contributed by atoms with Crippen molar-refractivity contribution in [3.63, 3.8) is 0 Å². The van der Waals surface area contributed by atoms with Crippen molar-refractivity contribution in [3.8, 4) is 0 Å². The van der Waals surface area contributed by atoms with E-state index in [9.17, 15) is 4.79 Å². The molecule has 0 amide bonds. The van der Waals surface area contributed by atoms with Crippen LogP contribution in [0.4, 0.5) is 5.69 Å². The summed E-state index contributed by atoms with van der Waals surface area (Å²) in [6.45, 7) is 2.52. The molecule has 0 bridgehead atoms. The third-order valence-electron chi connectivity index (χ3n) is 3.31. The summed E-state index contributed by atoms with van der Waals surface area (Å²) in [6.07, 6.45) is 0. The molecule has 0 aliphatic rings. The van der Waals surface area contributed by atoms with E-state index in [0.717, 1.165) is 22.2 Å². The fourth-order valence-electron chi connectivity index (χ4n) is 2.25. The van der Waals surface area contributed by atoms with Crippen molar-refractivity contribution >= 4 is 28.3 Å². The van der Waals surface area contributed by atoms with Gasteiger partial charge in [-0.25, -0.2) is 4.79 Å². The van der Waals surface area contributed by atoms with Gasteiger partial charge < -0.3 is 9.73 Å². The zero-order chi connectivity index (χ0) is 14.8. The van der Waals surface area contributed by atoms with Crippen LogP contribution in [0.3, 0.4) is 0 Å². The summed E-state index contributed by atoms with van der Waals surface area (Å²) in [5.41, 5.74) is 3.22. The molecule has 1 N–H and O–H groups in total. The molecule has 21 heavy (non-hydrogen) atoms. The second-order valence-electron chi connectivity index (χ2n) is 4.95. The third-order valence-corrected chi connectivity index (χ3v) is 3.56. The maximum absolute atomic E-state index is 11.7. The molecule has 2 aromatic carbocycles. The molecular weight excluding hydrogens is 286 g/mol. The summed E-state index contributed by atoms with van der Waals surface area (Å²) >= 11 is 5.86. The van der Waals surface area contributed by atoms with Gasteiger partial charge in [-0.1, -0.05) is 23.7 Å². The predicted molar refractivity (Wildman–Crippen MR) is 86.0 cm³/mol. The smallest absolute Gasteiger partial charge is 0.336 e. The van der Waals surface area contributed by atoms with E-state index in [1.807, 2.05) is 49.4 Å². The van der Waals surface area contributed by atoms with Gasteiger partial charge in [0.15, 0.2) is 0 Å². The van der Waals surface area contributed by atoms with Crippen LogP contribution in [0, 0.1) is 6.92 Å². The number of anilines is 1. The van der Waals surface area contributed by atoms with E-state index >= 15 is 0 Å². The topological polar surface area (TPSA) is 42.2 Å². The van der Waals surface area contributed by atoms with Crippen LogP contribution in [0.1, 0.15) is 11.1 Å². The lowest BCUT2D eigenvalue weighted by Gasteiger charge is -2.09. The molecule has 3 nitrogen and oxygen atoms in total. The van der Waals surface area contributed by atoms with Crippen LogP contribution in [0.2, 0.25) is 5.02 Å². The highest BCUT2D eigenvalue weighted by Gasteiger charge is 2.05. The van der Waals surface area contributed by atoms with E-state index in [1.165, 1.54) is 6.07 Å². The van der Waals surface area contributed by atoms with Crippen molar-refractivity contribution in [1.29, 1.82) is 0 Å². The van der Waals surface area contributed by atoms with Gasteiger partial charge in [0.25, 0.3) is 0 Å². The Morgan fingerprint density at radius 3 is 2.62 bits per heavy atom. The molecule has 3 rings (SSSR count). The minimum atomic E-state index is -0.332. The van der Waals surface area contributed by atoms with Gasteiger partial charge in [-0.2, -0.15) is 0 Å². The average Bonchev–Trinajstić information content (AvgIpc) is 2.45. The van der Waals surface area contributed by atoms with E-state index < -0.39 is 0 Å². The number of halogens is 1. The van der Waals surface area contributed by atoms with E-state index in [-0.39, 0.29) is 5.63 Å². The Bertz CT molecular complexity index is 838. The number of fused-ring (bicyclic) bond motifs is 1. The molecular formula is C17H14ClNO2. The van der Waals surface area contributed by atoms with Crippen LogP contribution >= 0.6 is 11.6 Å². The van der Waals surface area contributed by atoms with Crippen LogP contribution in [-0.4, -0.2) is 0 Å². The van der Waals surface area contributed by atoms with Gasteiger partial charge in [0.1, 0.15) is 5.58 Å². The number of aryl methyl sites for hydroxylation is 1. The van der Waals surface area contributed by atoms with E-state index in [0.29, 0.717) is 17.2 Å². The Balaban J connectivity index is 1.93. The van der Waals surface area contributed by atoms with Crippen molar-refractivity contribution in [2.24, 2.45) is 0 Å². The maximum Gasteiger partial charge on any atom is 0.336 e. The number of hydrogen-bond donors (Lipinski definition) is 1. The highest BCUT2D eigenvalue weighted by atomic mass is 35.5. The predicted octanol–water partition coefficient (Wildman–Crippen LogP) is 4.37. The zero-order valence-electron chi connectivity index (χ0n) is 11.5. The molecule has 4 heteroatoms. The number of hydrogen-bond acceptors (Lipinski definition) is 3. The molecule has 0 saturated heterocycles. The fourth-order valence-corrected chi connectivity index (χ4v) is 2.37. The van der Waals surface area contributed by atoms with Crippen LogP contribution in [-0.2, 0) is 6.54 Å². The molecule has 0 spiro atoms. The summed E-state index contributed by atoms with van der Waals surface area (Å²) in [5, 5.41) is 4.93.